The molecule has 186 valence electrons. The van der Waals surface area contributed by atoms with E-state index in [4.69, 9.17) is 0 Å². The second-order valence-corrected chi connectivity index (χ2v) is 8.68. The van der Waals surface area contributed by atoms with E-state index in [0.717, 1.165) is 11.3 Å². The zero-order chi connectivity index (χ0) is 25.7. The molecule has 3 aromatic carbocycles. The lowest BCUT2D eigenvalue weighted by Gasteiger charge is -2.36. The average Bonchev–Trinajstić information content (AvgIpc) is 2.86. The molecule has 1 saturated heterocycles. The van der Waals surface area contributed by atoms with Crippen LogP contribution in [0.1, 0.15) is 26.3 Å². The molecule has 1 fully saturated rings. The Morgan fingerprint density at radius 1 is 0.917 bits per heavy atom. The van der Waals surface area contributed by atoms with Gasteiger partial charge in [0, 0.05) is 43.1 Å². The van der Waals surface area contributed by atoms with E-state index in [-0.39, 0.29) is 35.4 Å². The molecule has 3 aromatic rings. The van der Waals surface area contributed by atoms with Gasteiger partial charge in [-0.25, -0.2) is 9.18 Å². The Morgan fingerprint density at radius 2 is 1.64 bits per heavy atom. The van der Waals surface area contributed by atoms with Gasteiger partial charge in [0.15, 0.2) is 0 Å². The summed E-state index contributed by atoms with van der Waals surface area (Å²) in [6.07, 6.45) is 0. The highest BCUT2D eigenvalue weighted by molar-refractivity contribution is 6.08. The number of halogens is 1. The molecule has 0 aromatic heterocycles. The number of rotatable bonds is 7. The summed E-state index contributed by atoms with van der Waals surface area (Å²) in [7, 11) is 0. The molecule has 0 spiro atoms. The topological polar surface area (TPSA) is 102 Å². The van der Waals surface area contributed by atoms with Crippen molar-refractivity contribution in [1.82, 2.24) is 4.90 Å². The van der Waals surface area contributed by atoms with Gasteiger partial charge in [-0.3, -0.25) is 14.5 Å². The molecule has 0 aliphatic carbocycles. The highest BCUT2D eigenvalue weighted by atomic mass is 19.1. The van der Waals surface area contributed by atoms with Crippen molar-refractivity contribution in [2.75, 3.05) is 48.3 Å². The molecule has 0 bridgehead atoms. The zero-order valence-electron chi connectivity index (χ0n) is 19.8. The predicted molar refractivity (Wildman–Crippen MR) is 136 cm³/mol. The van der Waals surface area contributed by atoms with Crippen molar-refractivity contribution in [3.8, 4) is 0 Å². The third-order valence-electron chi connectivity index (χ3n) is 5.99. The van der Waals surface area contributed by atoms with E-state index >= 15 is 0 Å². The number of nitrogens with one attached hydrogen (secondary N) is 2. The number of carboxylic acids is 1. The summed E-state index contributed by atoms with van der Waals surface area (Å²) in [5, 5.41) is 15.2. The Hall–Kier alpha value is -4.24. The van der Waals surface area contributed by atoms with Crippen molar-refractivity contribution in [3.63, 3.8) is 0 Å². The summed E-state index contributed by atoms with van der Waals surface area (Å²) in [6.45, 7) is 4.54. The van der Waals surface area contributed by atoms with Crippen LogP contribution in [0.15, 0.2) is 66.7 Å². The molecule has 9 heteroatoms. The summed E-state index contributed by atoms with van der Waals surface area (Å²) >= 11 is 0. The van der Waals surface area contributed by atoms with E-state index in [1.165, 1.54) is 24.3 Å². The summed E-state index contributed by atoms with van der Waals surface area (Å²) < 4.78 is 13.0. The lowest BCUT2D eigenvalue weighted by Crippen LogP contribution is -2.48. The second-order valence-electron chi connectivity index (χ2n) is 8.68. The van der Waals surface area contributed by atoms with Crippen molar-refractivity contribution in [1.29, 1.82) is 0 Å². The first-order valence-electron chi connectivity index (χ1n) is 11.6. The smallest absolute Gasteiger partial charge is 0.337 e. The number of hydrogen-bond acceptors (Lipinski definition) is 5. The van der Waals surface area contributed by atoms with E-state index in [1.54, 1.807) is 36.4 Å². The van der Waals surface area contributed by atoms with Gasteiger partial charge in [0.25, 0.3) is 5.91 Å². The number of hydrogen-bond donors (Lipinski definition) is 3. The fraction of sp³-hybridized carbons (Fsp3) is 0.222. The van der Waals surface area contributed by atoms with E-state index in [2.05, 4.69) is 10.6 Å². The molecule has 2 amide bonds. The molecule has 8 nitrogen and oxygen atoms in total. The standard InChI is InChI=1S/C27H27FN4O4/c1-18-3-2-4-19(15-18)26(34)30-24-10-9-22(16-23(24)27(35)36)32-13-11-31(12-14-32)17-25(33)29-21-7-5-20(28)6-8-21/h2-10,15-16H,11-14,17H2,1H3,(H,29,33)(H,30,34)(H,35,36). The van der Waals surface area contributed by atoms with Crippen molar-refractivity contribution in [3.05, 3.63) is 89.2 Å². The number of carboxylic acid groups (broad SMARTS) is 1. The fourth-order valence-corrected chi connectivity index (χ4v) is 4.10. The summed E-state index contributed by atoms with van der Waals surface area (Å²) in [5.74, 6) is -2.05. The normalized spacial score (nSPS) is 13.8. The number of aryl methyl sites for hydroxylation is 1. The van der Waals surface area contributed by atoms with Crippen molar-refractivity contribution in [2.24, 2.45) is 0 Å². The van der Waals surface area contributed by atoms with Crippen molar-refractivity contribution in [2.45, 2.75) is 6.92 Å². The molecule has 3 N–H and O–H groups in total. The second kappa shape index (κ2) is 11.0. The molecule has 0 saturated carbocycles. The zero-order valence-corrected chi connectivity index (χ0v) is 19.8. The van der Waals surface area contributed by atoms with Crippen LogP contribution in [-0.2, 0) is 4.79 Å². The van der Waals surface area contributed by atoms with Crippen molar-refractivity contribution >= 4 is 34.8 Å². The Balaban J connectivity index is 1.36. The highest BCUT2D eigenvalue weighted by Crippen LogP contribution is 2.25. The number of nitrogens with zero attached hydrogens (tertiary/aromatic N) is 2. The number of piperazine rings is 1. The first-order valence-corrected chi connectivity index (χ1v) is 11.6. The number of amides is 2. The lowest BCUT2D eigenvalue weighted by atomic mass is 10.1. The molecule has 1 aliphatic heterocycles. The largest absolute Gasteiger partial charge is 0.478 e. The minimum absolute atomic E-state index is 0.00890. The molecule has 0 radical (unpaired) electrons. The van der Waals surface area contributed by atoms with Gasteiger partial charge in [0.2, 0.25) is 5.91 Å². The Kier molecular flexibility index (Phi) is 7.60. The summed E-state index contributed by atoms with van der Waals surface area (Å²) in [4.78, 5) is 40.9. The third kappa shape index (κ3) is 6.25. The Bertz CT molecular complexity index is 1270. The fourth-order valence-electron chi connectivity index (χ4n) is 4.10. The van der Waals surface area contributed by atoms with Gasteiger partial charge in [0.1, 0.15) is 5.82 Å². The van der Waals surface area contributed by atoms with Gasteiger partial charge in [-0.2, -0.15) is 0 Å². The van der Waals surface area contributed by atoms with Crippen molar-refractivity contribution < 1.29 is 23.9 Å². The molecular weight excluding hydrogens is 463 g/mol. The quantitative estimate of drug-likeness (QED) is 0.465. The molecule has 0 unspecified atom stereocenters. The van der Waals surface area contributed by atoms with Crippen LogP contribution in [0.5, 0.6) is 0 Å². The summed E-state index contributed by atoms with van der Waals surface area (Å²) in [5.41, 5.74) is 2.90. The highest BCUT2D eigenvalue weighted by Gasteiger charge is 2.22. The van der Waals surface area contributed by atoms with E-state index in [9.17, 15) is 23.9 Å². The molecule has 36 heavy (non-hydrogen) atoms. The van der Waals surface area contributed by atoms with Crippen LogP contribution in [-0.4, -0.2) is 60.5 Å². The van der Waals surface area contributed by atoms with Gasteiger partial charge in [-0.05, 0) is 61.5 Å². The minimum atomic E-state index is -1.13. The summed E-state index contributed by atoms with van der Waals surface area (Å²) in [6, 6.07) is 17.6. The number of carbonyl (C=O) groups is 3. The maximum atomic E-state index is 13.0. The SMILES string of the molecule is Cc1cccc(C(=O)Nc2ccc(N3CCN(CC(=O)Nc4ccc(F)cc4)CC3)cc2C(=O)O)c1. The van der Waals surface area contributed by atoms with Crippen LogP contribution in [0.4, 0.5) is 21.5 Å². The van der Waals surface area contributed by atoms with Crippen LogP contribution in [0.25, 0.3) is 0 Å². The Labute approximate surface area is 208 Å². The van der Waals surface area contributed by atoms with Gasteiger partial charge in [-0.1, -0.05) is 17.7 Å². The molecule has 0 atom stereocenters. The number of anilines is 3. The van der Waals surface area contributed by atoms with E-state index < -0.39 is 5.97 Å². The van der Waals surface area contributed by atoms with Gasteiger partial charge in [-0.15, -0.1) is 0 Å². The van der Waals surface area contributed by atoms with Crippen LogP contribution < -0.4 is 15.5 Å². The van der Waals surface area contributed by atoms with Gasteiger partial charge >= 0.3 is 5.97 Å². The maximum absolute atomic E-state index is 13.0. The van der Waals surface area contributed by atoms with Gasteiger partial charge in [0.05, 0.1) is 17.8 Å². The predicted octanol–water partition coefficient (Wildman–Crippen LogP) is 3.85. The minimum Gasteiger partial charge on any atom is -0.478 e. The van der Waals surface area contributed by atoms with Crippen LogP contribution in [0.2, 0.25) is 0 Å². The van der Waals surface area contributed by atoms with Crippen LogP contribution >= 0.6 is 0 Å². The number of aromatic carboxylic acids is 1. The molecule has 4 rings (SSSR count). The van der Waals surface area contributed by atoms with E-state index in [1.807, 2.05) is 22.8 Å². The average molecular weight is 491 g/mol. The molecule has 1 heterocycles. The third-order valence-corrected chi connectivity index (χ3v) is 5.99. The Morgan fingerprint density at radius 3 is 2.31 bits per heavy atom. The molecular formula is C27H27FN4O4. The van der Waals surface area contributed by atoms with E-state index in [0.29, 0.717) is 37.4 Å². The number of carbonyl (C=O) groups excluding carboxylic acids is 2. The van der Waals surface area contributed by atoms with Crippen LogP contribution in [0, 0.1) is 12.7 Å². The van der Waals surface area contributed by atoms with Crippen LogP contribution in [0.3, 0.4) is 0 Å². The first-order chi connectivity index (χ1) is 17.3. The monoisotopic (exact) mass is 490 g/mol. The maximum Gasteiger partial charge on any atom is 0.337 e. The molecule has 1 aliphatic rings. The first kappa shape index (κ1) is 24.9. The number of benzene rings is 3. The van der Waals surface area contributed by atoms with Gasteiger partial charge < -0.3 is 20.6 Å². The lowest BCUT2D eigenvalue weighted by molar-refractivity contribution is -0.117.